The van der Waals surface area contributed by atoms with Gasteiger partial charge in [0.05, 0.1) is 11.0 Å². The lowest BCUT2D eigenvalue weighted by molar-refractivity contribution is 0.360. The third kappa shape index (κ3) is 5.61. The zero-order valence-corrected chi connectivity index (χ0v) is 32.3. The summed E-state index contributed by atoms with van der Waals surface area (Å²) in [5, 5.41) is 2.60. The third-order valence-corrected chi connectivity index (χ3v) is 12.9. The Bertz CT molecular complexity index is 2670. The number of hydrogen-bond acceptors (Lipinski definition) is 1. The molecule has 0 aliphatic heterocycles. The van der Waals surface area contributed by atoms with Crippen LogP contribution in [0, 0.1) is 17.8 Å². The van der Waals surface area contributed by atoms with Crippen LogP contribution in [0.1, 0.15) is 69.2 Å². The summed E-state index contributed by atoms with van der Waals surface area (Å²) >= 11 is 0. The number of benzene rings is 5. The number of para-hydroxylation sites is 2. The normalized spacial score (nSPS) is 21.5. The molecule has 0 saturated heterocycles. The van der Waals surface area contributed by atoms with Gasteiger partial charge in [-0.1, -0.05) is 143 Å². The van der Waals surface area contributed by atoms with Gasteiger partial charge in [0.25, 0.3) is 0 Å². The Morgan fingerprint density at radius 3 is 2.16 bits per heavy atom. The van der Waals surface area contributed by atoms with Crippen molar-refractivity contribution in [1.82, 2.24) is 9.47 Å². The standard InChI is InChI=1S/C53H48N2/c1-35-29-40(37-15-7-5-8-16-37)32-43(30-35)54(42-25-26-45-44-19-11-13-21-48(44)53(3,4)49(45)34-42)50-27-23-38(31-36(50)2)39-24-28-52-47(33-39)46-20-12-14-22-51(46)55(52)41-17-9-6-10-18-41/h5-28,30,32-33,35-36,49H,29,31,34H2,1-4H3. The topological polar surface area (TPSA) is 8.17 Å². The summed E-state index contributed by atoms with van der Waals surface area (Å²) in [6.07, 6.45) is 17.8. The Morgan fingerprint density at radius 1 is 0.618 bits per heavy atom. The molecule has 0 radical (unpaired) electrons. The summed E-state index contributed by atoms with van der Waals surface area (Å²) in [4.78, 5) is 2.65. The van der Waals surface area contributed by atoms with E-state index in [9.17, 15) is 0 Å². The van der Waals surface area contributed by atoms with E-state index >= 15 is 0 Å². The molecule has 0 N–H and O–H groups in total. The molecule has 1 aromatic heterocycles. The van der Waals surface area contributed by atoms with Gasteiger partial charge in [0.2, 0.25) is 0 Å². The van der Waals surface area contributed by atoms with Crippen molar-refractivity contribution in [3.8, 4) is 5.69 Å². The van der Waals surface area contributed by atoms with Gasteiger partial charge < -0.3 is 9.47 Å². The van der Waals surface area contributed by atoms with E-state index in [-0.39, 0.29) is 5.41 Å². The van der Waals surface area contributed by atoms with Crippen molar-refractivity contribution < 1.29 is 0 Å². The van der Waals surface area contributed by atoms with E-state index in [0.29, 0.717) is 17.8 Å². The molecule has 2 nitrogen and oxygen atoms in total. The molecule has 0 fully saturated rings. The van der Waals surface area contributed by atoms with E-state index < -0.39 is 0 Å². The Labute approximate surface area is 325 Å². The van der Waals surface area contributed by atoms with E-state index in [2.05, 4.69) is 201 Å². The third-order valence-electron chi connectivity index (χ3n) is 12.9. The molecular formula is C53H48N2. The molecule has 0 saturated carbocycles. The predicted octanol–water partition coefficient (Wildman–Crippen LogP) is 13.7. The monoisotopic (exact) mass is 712 g/mol. The van der Waals surface area contributed by atoms with Crippen LogP contribution in [0.4, 0.5) is 0 Å². The highest BCUT2D eigenvalue weighted by Gasteiger charge is 2.44. The van der Waals surface area contributed by atoms with Crippen molar-refractivity contribution in [3.05, 3.63) is 203 Å². The molecule has 3 atom stereocenters. The van der Waals surface area contributed by atoms with Crippen LogP contribution in [0.3, 0.4) is 0 Å². The highest BCUT2D eigenvalue weighted by atomic mass is 15.2. The lowest BCUT2D eigenvalue weighted by Crippen LogP contribution is -2.32. The van der Waals surface area contributed by atoms with Gasteiger partial charge in [-0.15, -0.1) is 0 Å². The van der Waals surface area contributed by atoms with Crippen LogP contribution in [0.5, 0.6) is 0 Å². The first-order valence-electron chi connectivity index (χ1n) is 20.1. The molecule has 0 spiro atoms. The van der Waals surface area contributed by atoms with E-state index in [1.807, 2.05) is 0 Å². The number of hydrogen-bond donors (Lipinski definition) is 0. The number of nitrogens with zero attached hydrogens (tertiary/aromatic N) is 2. The number of allylic oxidation sites excluding steroid dienone is 11. The van der Waals surface area contributed by atoms with Crippen molar-refractivity contribution in [2.24, 2.45) is 17.8 Å². The highest BCUT2D eigenvalue weighted by Crippen LogP contribution is 2.55. The molecule has 5 aromatic carbocycles. The van der Waals surface area contributed by atoms with Gasteiger partial charge in [-0.3, -0.25) is 0 Å². The fraction of sp³-hybridized carbons (Fsp3) is 0.208. The molecule has 1 heterocycles. The zero-order valence-electron chi connectivity index (χ0n) is 32.3. The number of aromatic nitrogens is 1. The van der Waals surface area contributed by atoms with Gasteiger partial charge in [-0.2, -0.15) is 0 Å². The van der Waals surface area contributed by atoms with Crippen LogP contribution in [0.2, 0.25) is 0 Å². The molecule has 0 amide bonds. The molecular weight excluding hydrogens is 665 g/mol. The van der Waals surface area contributed by atoms with Gasteiger partial charge in [0.15, 0.2) is 0 Å². The average Bonchev–Trinajstić information content (AvgIpc) is 3.67. The summed E-state index contributed by atoms with van der Waals surface area (Å²) in [7, 11) is 0. The minimum absolute atomic E-state index is 0.0643. The molecule has 6 aromatic rings. The maximum atomic E-state index is 2.65. The first-order chi connectivity index (χ1) is 26.8. The first-order valence-corrected chi connectivity index (χ1v) is 20.1. The van der Waals surface area contributed by atoms with E-state index in [0.717, 1.165) is 19.3 Å². The molecule has 0 bridgehead atoms. The van der Waals surface area contributed by atoms with Crippen LogP contribution >= 0.6 is 0 Å². The molecule has 10 rings (SSSR count). The molecule has 2 heteroatoms. The minimum atomic E-state index is 0.0643. The zero-order chi connectivity index (χ0) is 37.3. The summed E-state index contributed by atoms with van der Waals surface area (Å²) in [6.45, 7) is 9.71. The smallest absolute Gasteiger partial charge is 0.0541 e. The van der Waals surface area contributed by atoms with E-state index in [1.54, 1.807) is 0 Å². The van der Waals surface area contributed by atoms with Crippen molar-refractivity contribution in [2.45, 2.75) is 52.4 Å². The Balaban J connectivity index is 1.08. The second-order valence-electron chi connectivity index (χ2n) is 16.8. The fourth-order valence-electron chi connectivity index (χ4n) is 10.1. The Kier molecular flexibility index (Phi) is 8.06. The molecule has 55 heavy (non-hydrogen) atoms. The maximum Gasteiger partial charge on any atom is 0.0541 e. The van der Waals surface area contributed by atoms with Crippen molar-refractivity contribution >= 4 is 38.5 Å². The summed E-state index contributed by atoms with van der Waals surface area (Å²) in [5.74, 6) is 1.20. The molecule has 4 aliphatic carbocycles. The average molecular weight is 713 g/mol. The van der Waals surface area contributed by atoms with Crippen LogP contribution in [0.25, 0.3) is 44.2 Å². The van der Waals surface area contributed by atoms with Gasteiger partial charge >= 0.3 is 0 Å². The van der Waals surface area contributed by atoms with Crippen molar-refractivity contribution in [2.75, 3.05) is 0 Å². The second kappa shape index (κ2) is 13.2. The fourth-order valence-corrected chi connectivity index (χ4v) is 10.1. The summed E-state index contributed by atoms with van der Waals surface area (Å²) in [5.41, 5.74) is 17.7. The van der Waals surface area contributed by atoms with Crippen molar-refractivity contribution in [3.63, 3.8) is 0 Å². The Morgan fingerprint density at radius 2 is 1.35 bits per heavy atom. The van der Waals surface area contributed by atoms with E-state index in [1.165, 1.54) is 83.6 Å². The van der Waals surface area contributed by atoms with Gasteiger partial charge in [0, 0.05) is 39.5 Å². The molecule has 4 aliphatic rings. The van der Waals surface area contributed by atoms with Crippen molar-refractivity contribution in [1.29, 1.82) is 0 Å². The second-order valence-corrected chi connectivity index (χ2v) is 16.8. The lowest BCUT2D eigenvalue weighted by atomic mass is 9.73. The van der Waals surface area contributed by atoms with Gasteiger partial charge in [-0.05, 0) is 124 Å². The largest absolute Gasteiger partial charge is 0.318 e. The van der Waals surface area contributed by atoms with Crippen LogP contribution < -0.4 is 0 Å². The maximum absolute atomic E-state index is 2.65. The lowest BCUT2D eigenvalue weighted by Gasteiger charge is -2.41. The number of fused-ring (bicyclic) bond motifs is 6. The predicted molar refractivity (Wildman–Crippen MR) is 232 cm³/mol. The van der Waals surface area contributed by atoms with Gasteiger partial charge in [-0.25, -0.2) is 0 Å². The minimum Gasteiger partial charge on any atom is -0.318 e. The van der Waals surface area contributed by atoms with Gasteiger partial charge in [0.1, 0.15) is 0 Å². The van der Waals surface area contributed by atoms with Crippen LogP contribution in [-0.2, 0) is 5.41 Å². The van der Waals surface area contributed by atoms with Crippen LogP contribution in [0.15, 0.2) is 181 Å². The SMILES string of the molecule is CC1C=C(N(C2=CC=C3c4ccccc4C(C)(C)C3C2)C2=CC=C(c3ccc4c(c3)c3ccccc3n4-c3ccccc3)CC2C)C=C(c2ccccc2)C1. The molecule has 270 valence electrons. The highest BCUT2D eigenvalue weighted by molar-refractivity contribution is 6.10. The quantitative estimate of drug-likeness (QED) is 0.167. The number of rotatable bonds is 6. The summed E-state index contributed by atoms with van der Waals surface area (Å²) < 4.78 is 2.40. The Hall–Kier alpha value is -5.86. The van der Waals surface area contributed by atoms with E-state index in [4.69, 9.17) is 0 Å². The summed E-state index contributed by atoms with van der Waals surface area (Å²) in [6, 6.07) is 46.8. The van der Waals surface area contributed by atoms with Crippen LogP contribution in [-0.4, -0.2) is 9.47 Å². The first kappa shape index (κ1) is 33.7. The molecule has 3 unspecified atom stereocenters.